The van der Waals surface area contributed by atoms with Crippen molar-refractivity contribution in [1.29, 1.82) is 0 Å². The molecule has 1 aliphatic heterocycles. The number of aryl methyl sites for hydroxylation is 2. The summed E-state index contributed by atoms with van der Waals surface area (Å²) in [5.74, 6) is -1.40. The molecule has 0 saturated heterocycles. The van der Waals surface area contributed by atoms with Crippen LogP contribution in [0.2, 0.25) is 0 Å². The third kappa shape index (κ3) is 3.49. The van der Waals surface area contributed by atoms with Gasteiger partial charge in [0.15, 0.2) is 9.84 Å². The third-order valence-corrected chi connectivity index (χ3v) is 5.57. The molecule has 4 nitrogen and oxygen atoms in total. The monoisotopic (exact) mass is 359 g/mol. The van der Waals surface area contributed by atoms with E-state index in [1.807, 2.05) is 32.0 Å². The lowest BCUT2D eigenvalue weighted by Crippen LogP contribution is -2.42. The SMILES string of the molecule is Cc1ccc(C)c(N(C(=O)c2ccccc2F)[C@@H]2C=CS(=O)(=O)C2)c1. The number of hydrogen-bond donors (Lipinski definition) is 0. The molecule has 0 unspecified atom stereocenters. The number of carbonyl (C=O) groups is 1. The molecule has 0 fully saturated rings. The first-order valence-electron chi connectivity index (χ1n) is 7.85. The first-order chi connectivity index (χ1) is 11.8. The molecule has 1 aliphatic rings. The fraction of sp³-hybridized carbons (Fsp3) is 0.211. The molecule has 2 aromatic carbocycles. The van der Waals surface area contributed by atoms with Crippen molar-refractivity contribution in [3.05, 3.63) is 76.5 Å². The molecule has 1 heterocycles. The quantitative estimate of drug-likeness (QED) is 0.844. The molecule has 0 saturated carbocycles. The molecule has 6 heteroatoms. The topological polar surface area (TPSA) is 54.5 Å². The molecule has 2 aromatic rings. The maximum atomic E-state index is 14.2. The van der Waals surface area contributed by atoms with Gasteiger partial charge in [-0.25, -0.2) is 12.8 Å². The van der Waals surface area contributed by atoms with Crippen LogP contribution in [0.1, 0.15) is 21.5 Å². The summed E-state index contributed by atoms with van der Waals surface area (Å²) in [6, 6.07) is 10.6. The van der Waals surface area contributed by atoms with E-state index in [-0.39, 0.29) is 11.3 Å². The van der Waals surface area contributed by atoms with Crippen LogP contribution in [-0.2, 0) is 9.84 Å². The normalized spacial score (nSPS) is 18.3. The Hall–Kier alpha value is -2.47. The highest BCUT2D eigenvalue weighted by atomic mass is 32.2. The Kier molecular flexibility index (Phi) is 4.47. The highest BCUT2D eigenvalue weighted by molar-refractivity contribution is 7.94. The number of sulfone groups is 1. The molecule has 1 amide bonds. The van der Waals surface area contributed by atoms with Crippen molar-refractivity contribution in [2.45, 2.75) is 19.9 Å². The highest BCUT2D eigenvalue weighted by Gasteiger charge is 2.33. The van der Waals surface area contributed by atoms with Gasteiger partial charge in [0.05, 0.1) is 17.4 Å². The first-order valence-corrected chi connectivity index (χ1v) is 9.56. The van der Waals surface area contributed by atoms with Crippen molar-refractivity contribution in [2.24, 2.45) is 0 Å². The van der Waals surface area contributed by atoms with Gasteiger partial charge in [0, 0.05) is 11.1 Å². The zero-order chi connectivity index (χ0) is 18.2. The van der Waals surface area contributed by atoms with E-state index in [2.05, 4.69) is 0 Å². The number of nitrogens with zero attached hydrogens (tertiary/aromatic N) is 1. The zero-order valence-corrected chi connectivity index (χ0v) is 14.8. The van der Waals surface area contributed by atoms with Crippen molar-refractivity contribution in [3.63, 3.8) is 0 Å². The second-order valence-corrected chi connectivity index (χ2v) is 8.10. The minimum atomic E-state index is -3.37. The van der Waals surface area contributed by atoms with Gasteiger partial charge in [-0.05, 0) is 49.2 Å². The van der Waals surface area contributed by atoms with Crippen molar-refractivity contribution < 1.29 is 17.6 Å². The van der Waals surface area contributed by atoms with Gasteiger partial charge in [-0.3, -0.25) is 4.79 Å². The zero-order valence-electron chi connectivity index (χ0n) is 13.9. The Labute approximate surface area is 146 Å². The van der Waals surface area contributed by atoms with Gasteiger partial charge >= 0.3 is 0 Å². The van der Waals surface area contributed by atoms with E-state index in [0.717, 1.165) is 16.5 Å². The van der Waals surface area contributed by atoms with Gasteiger partial charge in [-0.1, -0.05) is 24.3 Å². The Morgan fingerprint density at radius 3 is 2.52 bits per heavy atom. The lowest BCUT2D eigenvalue weighted by atomic mass is 10.1. The smallest absolute Gasteiger partial charge is 0.261 e. The first kappa shape index (κ1) is 17.4. The van der Waals surface area contributed by atoms with Crippen molar-refractivity contribution in [2.75, 3.05) is 10.7 Å². The lowest BCUT2D eigenvalue weighted by Gasteiger charge is -2.29. The maximum absolute atomic E-state index is 14.2. The predicted octanol–water partition coefficient (Wildman–Crippen LogP) is 3.40. The molecule has 3 rings (SSSR count). The summed E-state index contributed by atoms with van der Waals surface area (Å²) in [5, 5.41) is 1.12. The van der Waals surface area contributed by atoms with Crippen LogP contribution in [0.4, 0.5) is 10.1 Å². The molecule has 25 heavy (non-hydrogen) atoms. The van der Waals surface area contributed by atoms with Crippen molar-refractivity contribution >= 4 is 21.4 Å². The van der Waals surface area contributed by atoms with E-state index in [1.165, 1.54) is 29.2 Å². The van der Waals surface area contributed by atoms with Gasteiger partial charge < -0.3 is 4.90 Å². The van der Waals surface area contributed by atoms with E-state index in [0.29, 0.717) is 5.69 Å². The molecule has 0 bridgehead atoms. The summed E-state index contributed by atoms with van der Waals surface area (Å²) in [4.78, 5) is 14.5. The second kappa shape index (κ2) is 6.44. The molecular formula is C19H18FNO3S. The maximum Gasteiger partial charge on any atom is 0.261 e. The molecule has 0 spiro atoms. The Balaban J connectivity index is 2.13. The fourth-order valence-electron chi connectivity index (χ4n) is 2.90. The number of hydrogen-bond acceptors (Lipinski definition) is 3. The van der Waals surface area contributed by atoms with Crippen LogP contribution in [-0.4, -0.2) is 26.1 Å². The number of anilines is 1. The van der Waals surface area contributed by atoms with Gasteiger partial charge in [0.2, 0.25) is 0 Å². The largest absolute Gasteiger partial charge is 0.300 e. The van der Waals surface area contributed by atoms with Gasteiger partial charge in [0.25, 0.3) is 5.91 Å². The Morgan fingerprint density at radius 2 is 1.88 bits per heavy atom. The molecule has 0 aromatic heterocycles. The van der Waals surface area contributed by atoms with E-state index in [9.17, 15) is 17.6 Å². The minimum Gasteiger partial charge on any atom is -0.300 e. The van der Waals surface area contributed by atoms with Crippen LogP contribution in [0, 0.1) is 19.7 Å². The van der Waals surface area contributed by atoms with Crippen molar-refractivity contribution in [1.82, 2.24) is 0 Å². The van der Waals surface area contributed by atoms with E-state index in [4.69, 9.17) is 0 Å². The average molecular weight is 359 g/mol. The van der Waals surface area contributed by atoms with Crippen LogP contribution >= 0.6 is 0 Å². The third-order valence-electron chi connectivity index (χ3n) is 4.19. The summed E-state index contributed by atoms with van der Waals surface area (Å²) in [6.45, 7) is 3.72. The number of carbonyl (C=O) groups excluding carboxylic acids is 1. The molecule has 0 aliphatic carbocycles. The lowest BCUT2D eigenvalue weighted by molar-refractivity contribution is 0.0979. The van der Waals surface area contributed by atoms with E-state index in [1.54, 1.807) is 6.07 Å². The Morgan fingerprint density at radius 1 is 1.16 bits per heavy atom. The van der Waals surface area contributed by atoms with E-state index < -0.39 is 27.6 Å². The molecule has 130 valence electrons. The van der Waals surface area contributed by atoms with Crippen molar-refractivity contribution in [3.8, 4) is 0 Å². The molecule has 0 radical (unpaired) electrons. The number of benzene rings is 2. The summed E-state index contributed by atoms with van der Waals surface area (Å²) >= 11 is 0. The summed E-state index contributed by atoms with van der Waals surface area (Å²) in [7, 11) is -3.37. The highest BCUT2D eigenvalue weighted by Crippen LogP contribution is 2.29. The fourth-order valence-corrected chi connectivity index (χ4v) is 4.17. The van der Waals surface area contributed by atoms with Gasteiger partial charge in [-0.15, -0.1) is 0 Å². The number of amides is 1. The standard InChI is InChI=1S/C19H18FNO3S/c1-13-7-8-14(2)18(11-13)21(15-9-10-25(23,24)12-15)19(22)16-5-3-4-6-17(16)20/h3-11,15H,12H2,1-2H3/t15-/m1/s1. The van der Waals surface area contributed by atoms with Gasteiger partial charge in [0.1, 0.15) is 5.82 Å². The molecular weight excluding hydrogens is 341 g/mol. The van der Waals surface area contributed by atoms with Crippen LogP contribution in [0.3, 0.4) is 0 Å². The van der Waals surface area contributed by atoms with Crippen LogP contribution in [0.15, 0.2) is 53.9 Å². The minimum absolute atomic E-state index is 0.0823. The van der Waals surface area contributed by atoms with Crippen LogP contribution < -0.4 is 4.90 Å². The number of rotatable bonds is 3. The predicted molar refractivity (Wildman–Crippen MR) is 95.8 cm³/mol. The summed E-state index contributed by atoms with van der Waals surface area (Å²) < 4.78 is 37.9. The Bertz CT molecular complexity index is 966. The average Bonchev–Trinajstić information content (AvgIpc) is 2.91. The second-order valence-electron chi connectivity index (χ2n) is 6.17. The molecule has 1 atom stereocenters. The van der Waals surface area contributed by atoms with E-state index >= 15 is 0 Å². The van der Waals surface area contributed by atoms with Gasteiger partial charge in [-0.2, -0.15) is 0 Å². The van der Waals surface area contributed by atoms with Crippen LogP contribution in [0.25, 0.3) is 0 Å². The molecule has 0 N–H and O–H groups in total. The number of halogens is 1. The summed E-state index contributed by atoms with van der Waals surface area (Å²) in [6.07, 6.45) is 1.48. The summed E-state index contributed by atoms with van der Waals surface area (Å²) in [5.41, 5.74) is 2.24. The van der Waals surface area contributed by atoms with Crippen LogP contribution in [0.5, 0.6) is 0 Å².